The molecule has 0 radical (unpaired) electrons. The van der Waals surface area contributed by atoms with E-state index in [0.717, 1.165) is 24.8 Å². The smallest absolute Gasteiger partial charge is 0.163 e. The molecule has 0 aliphatic heterocycles. The zero-order valence-corrected chi connectivity index (χ0v) is 10.7. The summed E-state index contributed by atoms with van der Waals surface area (Å²) in [6.07, 6.45) is 2.83. The number of Topliss-reactive ketones (excluding diaryl/α,β-unsaturated/α-hetero) is 1. The van der Waals surface area contributed by atoms with Gasteiger partial charge in [-0.05, 0) is 54.9 Å². The van der Waals surface area contributed by atoms with Crippen molar-refractivity contribution in [2.45, 2.75) is 52.9 Å². The zero-order chi connectivity index (χ0) is 11.9. The van der Waals surface area contributed by atoms with Crippen LogP contribution in [0.3, 0.4) is 0 Å². The Morgan fingerprint density at radius 2 is 1.88 bits per heavy atom. The van der Waals surface area contributed by atoms with E-state index < -0.39 is 0 Å². The van der Waals surface area contributed by atoms with Crippen LogP contribution < -0.4 is 0 Å². The van der Waals surface area contributed by atoms with Crippen LogP contribution in [-0.4, -0.2) is 5.78 Å². The second-order valence-corrected chi connectivity index (χ2v) is 5.19. The van der Waals surface area contributed by atoms with Gasteiger partial charge in [-0.3, -0.25) is 4.79 Å². The second kappa shape index (κ2) is 4.04. The molecular formula is C15H20O. The van der Waals surface area contributed by atoms with Crippen LogP contribution in [0.15, 0.2) is 6.07 Å². The minimum Gasteiger partial charge on any atom is -0.294 e. The van der Waals surface area contributed by atoms with Crippen molar-refractivity contribution in [2.24, 2.45) is 0 Å². The molecule has 16 heavy (non-hydrogen) atoms. The number of ketones is 1. The van der Waals surface area contributed by atoms with Gasteiger partial charge in [0.2, 0.25) is 0 Å². The van der Waals surface area contributed by atoms with Crippen LogP contribution in [0.2, 0.25) is 0 Å². The van der Waals surface area contributed by atoms with Crippen molar-refractivity contribution in [1.82, 2.24) is 0 Å². The molecule has 1 aliphatic carbocycles. The van der Waals surface area contributed by atoms with Gasteiger partial charge in [-0.15, -0.1) is 0 Å². The number of hydrogen-bond donors (Lipinski definition) is 0. The molecule has 1 heteroatoms. The van der Waals surface area contributed by atoms with Crippen LogP contribution in [0.1, 0.15) is 65.2 Å². The van der Waals surface area contributed by atoms with E-state index in [1.54, 1.807) is 0 Å². The fourth-order valence-electron chi connectivity index (χ4n) is 2.71. The van der Waals surface area contributed by atoms with Gasteiger partial charge in [0.15, 0.2) is 5.78 Å². The summed E-state index contributed by atoms with van der Waals surface area (Å²) >= 11 is 0. The Kier molecular flexibility index (Phi) is 2.88. The number of rotatable bonds is 1. The lowest BCUT2D eigenvalue weighted by molar-refractivity contribution is 0.0971. The summed E-state index contributed by atoms with van der Waals surface area (Å²) in [5.41, 5.74) is 6.21. The number of carbonyl (C=O) groups is 1. The Balaban J connectivity index is 2.72. The maximum absolute atomic E-state index is 12.0. The van der Waals surface area contributed by atoms with Crippen LogP contribution in [0, 0.1) is 13.8 Å². The summed E-state index contributed by atoms with van der Waals surface area (Å²) in [7, 11) is 0. The minimum atomic E-state index is 0.351. The quantitative estimate of drug-likeness (QED) is 0.694. The topological polar surface area (TPSA) is 17.1 Å². The standard InChI is InChI=1S/C15H20O/c1-9(2)13-8-10(3)11(4)15-12(13)6-5-7-14(15)16/h8-9H,5-7H2,1-4H3. The third-order valence-corrected chi connectivity index (χ3v) is 3.72. The molecule has 2 rings (SSSR count). The molecule has 0 aromatic heterocycles. The number of benzene rings is 1. The molecule has 1 aromatic carbocycles. The highest BCUT2D eigenvalue weighted by Gasteiger charge is 2.23. The Morgan fingerprint density at radius 1 is 1.19 bits per heavy atom. The zero-order valence-electron chi connectivity index (χ0n) is 10.7. The van der Waals surface area contributed by atoms with Gasteiger partial charge < -0.3 is 0 Å². The maximum atomic E-state index is 12.0. The molecule has 0 heterocycles. The van der Waals surface area contributed by atoms with Gasteiger partial charge in [0.1, 0.15) is 0 Å². The summed E-state index contributed by atoms with van der Waals surface area (Å²) in [4.78, 5) is 12.0. The molecule has 0 atom stereocenters. The van der Waals surface area contributed by atoms with Crippen molar-refractivity contribution in [1.29, 1.82) is 0 Å². The molecule has 0 saturated carbocycles. The van der Waals surface area contributed by atoms with Gasteiger partial charge in [0.05, 0.1) is 0 Å². The molecule has 0 unspecified atom stereocenters. The normalized spacial score (nSPS) is 15.4. The summed E-state index contributed by atoms with van der Waals surface area (Å²) < 4.78 is 0. The average Bonchev–Trinajstić information content (AvgIpc) is 2.22. The first-order valence-electron chi connectivity index (χ1n) is 6.18. The van der Waals surface area contributed by atoms with Crippen molar-refractivity contribution >= 4 is 5.78 Å². The molecule has 0 N–H and O–H groups in total. The van der Waals surface area contributed by atoms with E-state index in [0.29, 0.717) is 11.7 Å². The molecule has 0 amide bonds. The summed E-state index contributed by atoms with van der Waals surface area (Å²) in [5.74, 6) is 0.864. The molecular weight excluding hydrogens is 196 g/mol. The molecule has 0 spiro atoms. The van der Waals surface area contributed by atoms with Gasteiger partial charge in [-0.2, -0.15) is 0 Å². The fourth-order valence-corrected chi connectivity index (χ4v) is 2.71. The van der Waals surface area contributed by atoms with Crippen LogP contribution >= 0.6 is 0 Å². The van der Waals surface area contributed by atoms with Gasteiger partial charge in [0, 0.05) is 12.0 Å². The molecule has 1 aromatic rings. The van der Waals surface area contributed by atoms with E-state index in [2.05, 4.69) is 33.8 Å². The van der Waals surface area contributed by atoms with Crippen LogP contribution in [-0.2, 0) is 6.42 Å². The van der Waals surface area contributed by atoms with Crippen LogP contribution in [0.5, 0.6) is 0 Å². The lowest BCUT2D eigenvalue weighted by Crippen LogP contribution is -2.16. The highest BCUT2D eigenvalue weighted by Crippen LogP contribution is 2.33. The van der Waals surface area contributed by atoms with Gasteiger partial charge in [0.25, 0.3) is 0 Å². The van der Waals surface area contributed by atoms with Crippen LogP contribution in [0.4, 0.5) is 0 Å². The van der Waals surface area contributed by atoms with E-state index >= 15 is 0 Å². The average molecular weight is 216 g/mol. The molecule has 1 nitrogen and oxygen atoms in total. The van der Waals surface area contributed by atoms with Crippen molar-refractivity contribution in [2.75, 3.05) is 0 Å². The Morgan fingerprint density at radius 3 is 2.50 bits per heavy atom. The van der Waals surface area contributed by atoms with Crippen molar-refractivity contribution in [3.63, 3.8) is 0 Å². The summed E-state index contributed by atoms with van der Waals surface area (Å²) in [6.45, 7) is 8.62. The fraction of sp³-hybridized carbons (Fsp3) is 0.533. The largest absolute Gasteiger partial charge is 0.294 e. The number of aryl methyl sites for hydroxylation is 1. The highest BCUT2D eigenvalue weighted by atomic mass is 16.1. The predicted octanol–water partition coefficient (Wildman–Crippen LogP) is 3.95. The minimum absolute atomic E-state index is 0.351. The van der Waals surface area contributed by atoms with E-state index in [9.17, 15) is 4.79 Å². The maximum Gasteiger partial charge on any atom is 0.163 e. The molecule has 0 bridgehead atoms. The number of hydrogen-bond acceptors (Lipinski definition) is 1. The van der Waals surface area contributed by atoms with E-state index in [-0.39, 0.29) is 0 Å². The lowest BCUT2D eigenvalue weighted by Gasteiger charge is -2.24. The van der Waals surface area contributed by atoms with Gasteiger partial charge in [-0.1, -0.05) is 19.9 Å². The first-order valence-corrected chi connectivity index (χ1v) is 6.18. The SMILES string of the molecule is Cc1cc(C(C)C)c2c(c1C)C(=O)CCC2. The third-order valence-electron chi connectivity index (χ3n) is 3.72. The lowest BCUT2D eigenvalue weighted by atomic mass is 9.80. The van der Waals surface area contributed by atoms with E-state index in [4.69, 9.17) is 0 Å². The number of fused-ring (bicyclic) bond motifs is 1. The third kappa shape index (κ3) is 1.68. The van der Waals surface area contributed by atoms with Crippen LogP contribution in [0.25, 0.3) is 0 Å². The predicted molar refractivity (Wildman–Crippen MR) is 67.3 cm³/mol. The first kappa shape index (κ1) is 11.4. The first-order chi connectivity index (χ1) is 7.52. The Labute approximate surface area is 97.9 Å². The Hall–Kier alpha value is -1.11. The highest BCUT2D eigenvalue weighted by molar-refractivity contribution is 6.00. The monoisotopic (exact) mass is 216 g/mol. The Bertz CT molecular complexity index is 441. The molecule has 0 saturated heterocycles. The molecule has 86 valence electrons. The van der Waals surface area contributed by atoms with Gasteiger partial charge in [-0.25, -0.2) is 0 Å². The van der Waals surface area contributed by atoms with Gasteiger partial charge >= 0.3 is 0 Å². The van der Waals surface area contributed by atoms with E-state index in [1.807, 2.05) is 0 Å². The summed E-state index contributed by atoms with van der Waals surface area (Å²) in [5, 5.41) is 0. The molecule has 1 aliphatic rings. The summed E-state index contributed by atoms with van der Waals surface area (Å²) in [6, 6.07) is 2.28. The number of carbonyl (C=O) groups excluding carboxylic acids is 1. The van der Waals surface area contributed by atoms with E-state index in [1.165, 1.54) is 22.3 Å². The van der Waals surface area contributed by atoms with Crippen molar-refractivity contribution in [3.8, 4) is 0 Å². The van der Waals surface area contributed by atoms with Crippen molar-refractivity contribution < 1.29 is 4.79 Å². The molecule has 0 fully saturated rings. The van der Waals surface area contributed by atoms with Crippen molar-refractivity contribution in [3.05, 3.63) is 33.9 Å². The second-order valence-electron chi connectivity index (χ2n) is 5.19.